The highest BCUT2D eigenvalue weighted by molar-refractivity contribution is 6.28. The van der Waals surface area contributed by atoms with Crippen molar-refractivity contribution in [2.45, 2.75) is 5.92 Å². The Labute approximate surface area is 131 Å². The van der Waals surface area contributed by atoms with Gasteiger partial charge >= 0.3 is 17.0 Å². The summed E-state index contributed by atoms with van der Waals surface area (Å²) >= 11 is 5.79. The van der Waals surface area contributed by atoms with Crippen LogP contribution in [0, 0.1) is 15.9 Å². The molecule has 0 N–H and O–H groups in total. The molecule has 0 amide bonds. The van der Waals surface area contributed by atoms with E-state index < -0.39 is 39.2 Å². The normalized spacial score (nSPS) is 11.8. The fraction of sp³-hybridized carbons (Fsp3) is 0.0769. The van der Waals surface area contributed by atoms with Crippen LogP contribution in [0.25, 0.3) is 5.65 Å². The van der Waals surface area contributed by atoms with Gasteiger partial charge in [0.15, 0.2) is 0 Å². The molecule has 0 aliphatic heterocycles. The third kappa shape index (κ3) is 2.48. The zero-order valence-corrected chi connectivity index (χ0v) is 11.8. The molecule has 2 aromatic heterocycles. The van der Waals surface area contributed by atoms with Gasteiger partial charge in [-0.3, -0.25) is 0 Å². The van der Waals surface area contributed by atoms with Crippen molar-refractivity contribution >= 4 is 23.1 Å². The minimum atomic E-state index is -3.64. The standard InChI is InChI=1S/C13H6ClF3N4O2/c14-12-19-11(13(16,17)7-1-3-8(15)4-2-7)18-9-5-6-10(20(9)12)21(22)23/h1-6H. The number of alkyl halides is 2. The number of nitro groups is 1. The zero-order valence-electron chi connectivity index (χ0n) is 11.1. The number of hydrogen-bond donors (Lipinski definition) is 0. The first-order chi connectivity index (χ1) is 10.8. The molecule has 6 nitrogen and oxygen atoms in total. The SMILES string of the molecule is O=[N+]([O-])c1ccc2nc(C(F)(F)c3ccc(F)cc3)nc(Cl)n12. The predicted octanol–water partition coefficient (Wildman–Crippen LogP) is 3.57. The van der Waals surface area contributed by atoms with Crippen molar-refractivity contribution in [3.63, 3.8) is 0 Å². The summed E-state index contributed by atoms with van der Waals surface area (Å²) in [5.41, 5.74) is -0.672. The second-order valence-corrected chi connectivity index (χ2v) is 4.88. The Morgan fingerprint density at radius 1 is 1.13 bits per heavy atom. The van der Waals surface area contributed by atoms with Gasteiger partial charge < -0.3 is 10.1 Å². The molecular formula is C13H6ClF3N4O2. The molecule has 0 atom stereocenters. The molecule has 0 aliphatic rings. The van der Waals surface area contributed by atoms with Crippen LogP contribution in [0.1, 0.15) is 11.4 Å². The van der Waals surface area contributed by atoms with Gasteiger partial charge in [0.2, 0.25) is 11.5 Å². The van der Waals surface area contributed by atoms with E-state index in [9.17, 15) is 23.3 Å². The Kier molecular flexibility index (Phi) is 3.44. The van der Waals surface area contributed by atoms with Gasteiger partial charge in [0.25, 0.3) is 0 Å². The van der Waals surface area contributed by atoms with E-state index in [0.717, 1.165) is 34.7 Å². The summed E-state index contributed by atoms with van der Waals surface area (Å²) in [4.78, 5) is 17.2. The Morgan fingerprint density at radius 2 is 1.78 bits per heavy atom. The van der Waals surface area contributed by atoms with Crippen molar-refractivity contribution in [2.24, 2.45) is 0 Å². The smallest absolute Gasteiger partial charge is 0.332 e. The Morgan fingerprint density at radius 3 is 2.39 bits per heavy atom. The number of hydrogen-bond acceptors (Lipinski definition) is 4. The summed E-state index contributed by atoms with van der Waals surface area (Å²) in [5, 5.41) is 10.3. The Balaban J connectivity index is 2.16. The summed E-state index contributed by atoms with van der Waals surface area (Å²) in [6, 6.07) is 5.82. The molecule has 0 fully saturated rings. The lowest BCUT2D eigenvalue weighted by Crippen LogP contribution is -2.20. The van der Waals surface area contributed by atoms with E-state index in [1.807, 2.05) is 0 Å². The molecule has 2 heterocycles. The molecule has 0 saturated carbocycles. The second kappa shape index (κ2) is 5.20. The molecule has 0 aliphatic carbocycles. The van der Waals surface area contributed by atoms with Crippen LogP contribution in [0.15, 0.2) is 36.4 Å². The van der Waals surface area contributed by atoms with Crippen LogP contribution in [0.4, 0.5) is 19.0 Å². The Bertz CT molecular complexity index is 911. The number of aromatic nitrogens is 3. The number of benzene rings is 1. The van der Waals surface area contributed by atoms with Crippen molar-refractivity contribution in [1.82, 2.24) is 14.4 Å². The third-order valence-corrected chi connectivity index (χ3v) is 3.37. The van der Waals surface area contributed by atoms with Crippen LogP contribution >= 0.6 is 11.6 Å². The monoisotopic (exact) mass is 342 g/mol. The van der Waals surface area contributed by atoms with Gasteiger partial charge in [-0.25, -0.2) is 4.39 Å². The van der Waals surface area contributed by atoms with Gasteiger partial charge in [0.05, 0.1) is 0 Å². The van der Waals surface area contributed by atoms with Crippen molar-refractivity contribution in [3.05, 3.63) is 69.0 Å². The van der Waals surface area contributed by atoms with Gasteiger partial charge in [0, 0.05) is 17.7 Å². The first-order valence-corrected chi connectivity index (χ1v) is 6.52. The molecule has 10 heteroatoms. The summed E-state index contributed by atoms with van der Waals surface area (Å²) in [6.45, 7) is 0. The largest absolute Gasteiger partial charge is 0.358 e. The number of halogens is 4. The van der Waals surface area contributed by atoms with Crippen molar-refractivity contribution < 1.29 is 18.1 Å². The quantitative estimate of drug-likeness (QED) is 0.539. The molecule has 3 rings (SSSR count). The van der Waals surface area contributed by atoms with Gasteiger partial charge in [-0.2, -0.15) is 18.7 Å². The lowest BCUT2D eigenvalue weighted by molar-refractivity contribution is -0.390. The van der Waals surface area contributed by atoms with Crippen molar-refractivity contribution in [1.29, 1.82) is 0 Å². The predicted molar refractivity (Wildman–Crippen MR) is 74.0 cm³/mol. The highest BCUT2D eigenvalue weighted by Gasteiger charge is 2.39. The highest BCUT2D eigenvalue weighted by Crippen LogP contribution is 2.35. The molecule has 1 aromatic carbocycles. The van der Waals surface area contributed by atoms with Gasteiger partial charge in [-0.05, 0) is 40.8 Å². The minimum Gasteiger partial charge on any atom is -0.358 e. The molecule has 0 unspecified atom stereocenters. The van der Waals surface area contributed by atoms with Crippen molar-refractivity contribution in [2.75, 3.05) is 0 Å². The molecule has 0 bridgehead atoms. The van der Waals surface area contributed by atoms with E-state index in [-0.39, 0.29) is 5.65 Å². The lowest BCUT2D eigenvalue weighted by Gasteiger charge is -2.14. The van der Waals surface area contributed by atoms with Gasteiger partial charge in [-0.1, -0.05) is 0 Å². The average Bonchev–Trinajstić information content (AvgIpc) is 2.92. The third-order valence-electron chi connectivity index (χ3n) is 3.12. The minimum absolute atomic E-state index is 0.145. The van der Waals surface area contributed by atoms with Crippen LogP contribution in [-0.2, 0) is 5.92 Å². The summed E-state index contributed by atoms with van der Waals surface area (Å²) in [6.07, 6.45) is 0. The fourth-order valence-corrected chi connectivity index (χ4v) is 2.29. The molecule has 118 valence electrons. The summed E-state index contributed by atoms with van der Waals surface area (Å²) in [7, 11) is 0. The second-order valence-electron chi connectivity index (χ2n) is 4.54. The van der Waals surface area contributed by atoms with Crippen LogP contribution < -0.4 is 0 Å². The van der Waals surface area contributed by atoms with E-state index in [1.165, 1.54) is 6.07 Å². The number of fused-ring (bicyclic) bond motifs is 1. The van der Waals surface area contributed by atoms with E-state index in [1.54, 1.807) is 0 Å². The van der Waals surface area contributed by atoms with Crippen LogP contribution in [0.5, 0.6) is 0 Å². The van der Waals surface area contributed by atoms with E-state index in [4.69, 9.17) is 11.6 Å². The van der Waals surface area contributed by atoms with E-state index in [0.29, 0.717) is 0 Å². The molecular weight excluding hydrogens is 337 g/mol. The molecule has 3 aromatic rings. The van der Waals surface area contributed by atoms with E-state index >= 15 is 0 Å². The van der Waals surface area contributed by atoms with Crippen LogP contribution in [-0.4, -0.2) is 19.3 Å². The number of nitrogens with zero attached hydrogens (tertiary/aromatic N) is 4. The molecule has 0 radical (unpaired) electrons. The number of rotatable bonds is 3. The zero-order chi connectivity index (χ0) is 16.8. The summed E-state index contributed by atoms with van der Waals surface area (Å²) in [5.74, 6) is -5.68. The molecule has 0 spiro atoms. The summed E-state index contributed by atoms with van der Waals surface area (Å²) < 4.78 is 42.6. The lowest BCUT2D eigenvalue weighted by atomic mass is 10.1. The van der Waals surface area contributed by atoms with Gasteiger partial charge in [-0.15, -0.1) is 4.40 Å². The average molecular weight is 343 g/mol. The van der Waals surface area contributed by atoms with Crippen LogP contribution in [0.2, 0.25) is 5.28 Å². The maximum absolute atomic E-state index is 14.4. The van der Waals surface area contributed by atoms with E-state index in [2.05, 4.69) is 9.97 Å². The Hall–Kier alpha value is -2.68. The maximum Gasteiger partial charge on any atom is 0.332 e. The van der Waals surface area contributed by atoms with Crippen molar-refractivity contribution in [3.8, 4) is 0 Å². The highest BCUT2D eigenvalue weighted by atomic mass is 35.5. The first kappa shape index (κ1) is 15.2. The molecule has 0 saturated heterocycles. The first-order valence-electron chi connectivity index (χ1n) is 6.14. The fourth-order valence-electron chi connectivity index (χ4n) is 2.03. The topological polar surface area (TPSA) is 73.3 Å². The molecule has 23 heavy (non-hydrogen) atoms. The maximum atomic E-state index is 14.4. The van der Waals surface area contributed by atoms with Gasteiger partial charge in [0.1, 0.15) is 5.82 Å². The van der Waals surface area contributed by atoms with Crippen LogP contribution in [0.3, 0.4) is 0 Å².